The monoisotopic (exact) mass is 258 g/mol. The Morgan fingerprint density at radius 2 is 2.42 bits per heavy atom. The number of aromatic nitrogens is 3. The highest BCUT2D eigenvalue weighted by Gasteiger charge is 2.20. The molecule has 2 aromatic rings. The van der Waals surface area contributed by atoms with Crippen molar-refractivity contribution in [3.05, 3.63) is 46.1 Å². The largest absolute Gasteiger partial charge is 0.376 e. The summed E-state index contributed by atoms with van der Waals surface area (Å²) in [4.78, 5) is 14.3. The van der Waals surface area contributed by atoms with Crippen LogP contribution in [0.3, 0.4) is 0 Å². The number of H-pyrrole nitrogens is 1. The van der Waals surface area contributed by atoms with Gasteiger partial charge in [0.05, 0.1) is 17.9 Å². The molecular weight excluding hydrogens is 240 g/mol. The first-order valence-electron chi connectivity index (χ1n) is 6.77. The standard InChI is InChI=1S/C14H18N4O/c1-2-18-9-10(8-15-18)16-12-4-3-5-13-11(12)6-7-14(19)17-13/h6-9,12,16H,2-5H2,1H3,(H,17,19). The summed E-state index contributed by atoms with van der Waals surface area (Å²) >= 11 is 0. The molecule has 2 N–H and O–H groups in total. The molecule has 0 aliphatic heterocycles. The molecule has 2 heterocycles. The van der Waals surface area contributed by atoms with Gasteiger partial charge in [0.25, 0.3) is 0 Å². The van der Waals surface area contributed by atoms with Crippen LogP contribution in [0, 0.1) is 0 Å². The van der Waals surface area contributed by atoms with Crippen molar-refractivity contribution < 1.29 is 0 Å². The molecule has 0 bridgehead atoms. The van der Waals surface area contributed by atoms with Gasteiger partial charge in [-0.05, 0) is 37.8 Å². The van der Waals surface area contributed by atoms with E-state index in [-0.39, 0.29) is 11.6 Å². The van der Waals surface area contributed by atoms with Crippen molar-refractivity contribution in [1.29, 1.82) is 0 Å². The molecule has 0 aromatic carbocycles. The number of rotatable bonds is 3. The maximum atomic E-state index is 11.4. The predicted octanol–water partition coefficient (Wildman–Crippen LogP) is 2.08. The van der Waals surface area contributed by atoms with Crippen molar-refractivity contribution >= 4 is 5.69 Å². The predicted molar refractivity (Wildman–Crippen MR) is 74.3 cm³/mol. The zero-order valence-electron chi connectivity index (χ0n) is 11.0. The second-order valence-corrected chi connectivity index (χ2v) is 4.93. The van der Waals surface area contributed by atoms with Gasteiger partial charge in [-0.25, -0.2) is 0 Å². The molecule has 100 valence electrons. The van der Waals surface area contributed by atoms with Crippen LogP contribution in [0.4, 0.5) is 5.69 Å². The van der Waals surface area contributed by atoms with E-state index in [1.165, 1.54) is 5.56 Å². The number of hydrogen-bond donors (Lipinski definition) is 2. The first-order valence-corrected chi connectivity index (χ1v) is 6.77. The van der Waals surface area contributed by atoms with Gasteiger partial charge >= 0.3 is 0 Å². The Labute approximate surface area is 111 Å². The van der Waals surface area contributed by atoms with Crippen LogP contribution in [-0.4, -0.2) is 14.8 Å². The first-order chi connectivity index (χ1) is 9.26. The fraction of sp³-hybridized carbons (Fsp3) is 0.429. The van der Waals surface area contributed by atoms with Crippen molar-refractivity contribution in [3.63, 3.8) is 0 Å². The Balaban J connectivity index is 1.85. The van der Waals surface area contributed by atoms with Gasteiger partial charge in [-0.15, -0.1) is 0 Å². The Bertz CT molecular complexity index is 628. The third kappa shape index (κ3) is 2.41. The number of pyridine rings is 1. The Morgan fingerprint density at radius 1 is 1.53 bits per heavy atom. The number of aromatic amines is 1. The lowest BCUT2D eigenvalue weighted by Gasteiger charge is -2.26. The van der Waals surface area contributed by atoms with E-state index >= 15 is 0 Å². The molecule has 0 saturated carbocycles. The highest BCUT2D eigenvalue weighted by molar-refractivity contribution is 5.43. The molecule has 0 amide bonds. The Hall–Kier alpha value is -2.04. The van der Waals surface area contributed by atoms with E-state index in [1.807, 2.05) is 23.1 Å². The minimum absolute atomic E-state index is 0.0156. The number of aryl methyl sites for hydroxylation is 2. The van der Waals surface area contributed by atoms with Crippen LogP contribution in [-0.2, 0) is 13.0 Å². The summed E-state index contributed by atoms with van der Waals surface area (Å²) in [6, 6.07) is 3.80. The lowest BCUT2D eigenvalue weighted by molar-refractivity contribution is 0.586. The second-order valence-electron chi connectivity index (χ2n) is 4.93. The summed E-state index contributed by atoms with van der Waals surface area (Å²) in [5, 5.41) is 7.77. The quantitative estimate of drug-likeness (QED) is 0.886. The molecule has 2 aromatic heterocycles. The summed E-state index contributed by atoms with van der Waals surface area (Å²) in [5.74, 6) is 0. The van der Waals surface area contributed by atoms with Gasteiger partial charge in [0.2, 0.25) is 5.56 Å². The van der Waals surface area contributed by atoms with E-state index in [2.05, 4.69) is 22.3 Å². The van der Waals surface area contributed by atoms with Gasteiger partial charge in [0.15, 0.2) is 0 Å². The summed E-state index contributed by atoms with van der Waals surface area (Å²) in [5.41, 5.74) is 3.29. The second kappa shape index (κ2) is 4.91. The normalized spacial score (nSPS) is 18.1. The molecule has 1 atom stereocenters. The maximum absolute atomic E-state index is 11.4. The van der Waals surface area contributed by atoms with Crippen molar-refractivity contribution in [2.24, 2.45) is 0 Å². The molecule has 3 rings (SSSR count). The van der Waals surface area contributed by atoms with E-state index < -0.39 is 0 Å². The smallest absolute Gasteiger partial charge is 0.248 e. The van der Waals surface area contributed by atoms with Crippen molar-refractivity contribution in [2.45, 2.75) is 38.8 Å². The third-order valence-electron chi connectivity index (χ3n) is 3.63. The zero-order valence-corrected chi connectivity index (χ0v) is 11.0. The van der Waals surface area contributed by atoms with Crippen molar-refractivity contribution in [2.75, 3.05) is 5.32 Å². The van der Waals surface area contributed by atoms with Gasteiger partial charge < -0.3 is 10.3 Å². The minimum Gasteiger partial charge on any atom is -0.376 e. The number of nitrogens with one attached hydrogen (secondary N) is 2. The maximum Gasteiger partial charge on any atom is 0.248 e. The molecule has 0 radical (unpaired) electrons. The highest BCUT2D eigenvalue weighted by Crippen LogP contribution is 2.30. The minimum atomic E-state index is -0.0156. The molecule has 1 aliphatic rings. The molecule has 0 saturated heterocycles. The fourth-order valence-corrected chi connectivity index (χ4v) is 2.66. The van der Waals surface area contributed by atoms with Crippen molar-refractivity contribution in [1.82, 2.24) is 14.8 Å². The third-order valence-corrected chi connectivity index (χ3v) is 3.63. The topological polar surface area (TPSA) is 62.7 Å². The summed E-state index contributed by atoms with van der Waals surface area (Å²) < 4.78 is 1.90. The number of fused-ring (bicyclic) bond motifs is 1. The molecule has 5 nitrogen and oxygen atoms in total. The van der Waals surface area contributed by atoms with E-state index in [0.717, 1.165) is 37.2 Å². The molecule has 1 unspecified atom stereocenters. The van der Waals surface area contributed by atoms with E-state index in [9.17, 15) is 4.79 Å². The van der Waals surface area contributed by atoms with Gasteiger partial charge in [-0.2, -0.15) is 5.10 Å². The molecule has 0 fully saturated rings. The van der Waals surface area contributed by atoms with Crippen LogP contribution in [0.2, 0.25) is 0 Å². The Kier molecular flexibility index (Phi) is 3.11. The van der Waals surface area contributed by atoms with Gasteiger partial charge in [-0.3, -0.25) is 9.48 Å². The number of nitrogens with zero attached hydrogens (tertiary/aromatic N) is 2. The molecule has 1 aliphatic carbocycles. The van der Waals surface area contributed by atoms with Crippen LogP contribution in [0.5, 0.6) is 0 Å². The van der Waals surface area contributed by atoms with E-state index in [0.29, 0.717) is 0 Å². The van der Waals surface area contributed by atoms with Gasteiger partial charge in [0.1, 0.15) is 0 Å². The van der Waals surface area contributed by atoms with Gasteiger partial charge in [0, 0.05) is 24.5 Å². The molecule has 5 heteroatoms. The zero-order chi connectivity index (χ0) is 13.2. The lowest BCUT2D eigenvalue weighted by atomic mass is 9.91. The summed E-state index contributed by atoms with van der Waals surface area (Å²) in [6.07, 6.45) is 6.99. The Morgan fingerprint density at radius 3 is 3.21 bits per heavy atom. The number of hydrogen-bond acceptors (Lipinski definition) is 3. The number of anilines is 1. The average molecular weight is 258 g/mol. The SMILES string of the molecule is CCn1cc(NC2CCCc3[nH]c(=O)ccc32)cn1. The van der Waals surface area contributed by atoms with Gasteiger partial charge in [-0.1, -0.05) is 0 Å². The fourth-order valence-electron chi connectivity index (χ4n) is 2.66. The van der Waals surface area contributed by atoms with Crippen molar-refractivity contribution in [3.8, 4) is 0 Å². The van der Waals surface area contributed by atoms with E-state index in [1.54, 1.807) is 6.07 Å². The van der Waals surface area contributed by atoms with E-state index in [4.69, 9.17) is 0 Å². The van der Waals surface area contributed by atoms with Crippen LogP contribution in [0.1, 0.15) is 37.1 Å². The van der Waals surface area contributed by atoms with Crippen LogP contribution in [0.15, 0.2) is 29.3 Å². The average Bonchev–Trinajstić information content (AvgIpc) is 2.86. The van der Waals surface area contributed by atoms with Crippen LogP contribution < -0.4 is 10.9 Å². The molecule has 0 spiro atoms. The molecular formula is C14H18N4O. The first kappa shape index (κ1) is 12.0. The lowest BCUT2D eigenvalue weighted by Crippen LogP contribution is -2.21. The highest BCUT2D eigenvalue weighted by atomic mass is 16.1. The van der Waals surface area contributed by atoms with Crippen LogP contribution in [0.25, 0.3) is 0 Å². The summed E-state index contributed by atoms with van der Waals surface area (Å²) in [6.45, 7) is 2.94. The summed E-state index contributed by atoms with van der Waals surface area (Å²) in [7, 11) is 0. The molecule has 19 heavy (non-hydrogen) atoms. The van der Waals surface area contributed by atoms with Crippen LogP contribution >= 0.6 is 0 Å².